The fourth-order valence-corrected chi connectivity index (χ4v) is 3.54. The van der Waals surface area contributed by atoms with Gasteiger partial charge < -0.3 is 9.47 Å². The van der Waals surface area contributed by atoms with Gasteiger partial charge in [-0.25, -0.2) is 4.79 Å². The molecule has 2 aliphatic rings. The number of carbonyl (C=O) groups excluding carboxylic acids is 1. The Balaban J connectivity index is 1.67. The standard InChI is InChI=1S/C18H25NO3/c1-21-13-17-12-19(18(20)22-17)16-10-8-15(9-11-16)14-6-4-2-3-5-7-14/h8-11,14,17H,2-7,12-13H2,1H3. The number of carbonyl (C=O) groups is 1. The highest BCUT2D eigenvalue weighted by molar-refractivity contribution is 5.89. The molecule has 1 saturated carbocycles. The highest BCUT2D eigenvalue weighted by Gasteiger charge is 2.32. The maximum Gasteiger partial charge on any atom is 0.414 e. The van der Waals surface area contributed by atoms with Crippen molar-refractivity contribution >= 4 is 11.8 Å². The van der Waals surface area contributed by atoms with Gasteiger partial charge in [-0.2, -0.15) is 0 Å². The zero-order valence-electron chi connectivity index (χ0n) is 13.3. The molecule has 1 aliphatic heterocycles. The normalized spacial score (nSPS) is 23.4. The van der Waals surface area contributed by atoms with Crippen LogP contribution in [0.2, 0.25) is 0 Å². The van der Waals surface area contributed by atoms with Crippen LogP contribution in [0.5, 0.6) is 0 Å². The van der Waals surface area contributed by atoms with Crippen LogP contribution in [0.3, 0.4) is 0 Å². The summed E-state index contributed by atoms with van der Waals surface area (Å²) in [6.45, 7) is 1.01. The lowest BCUT2D eigenvalue weighted by atomic mass is 9.92. The number of benzene rings is 1. The van der Waals surface area contributed by atoms with E-state index < -0.39 is 0 Å². The van der Waals surface area contributed by atoms with Crippen LogP contribution < -0.4 is 4.90 Å². The van der Waals surface area contributed by atoms with E-state index >= 15 is 0 Å². The average molecular weight is 303 g/mol. The van der Waals surface area contributed by atoms with Crippen molar-refractivity contribution in [3.05, 3.63) is 29.8 Å². The second kappa shape index (κ2) is 7.14. The van der Waals surface area contributed by atoms with Crippen LogP contribution in [0.25, 0.3) is 0 Å². The lowest BCUT2D eigenvalue weighted by Gasteiger charge is -2.17. The molecule has 1 amide bonds. The van der Waals surface area contributed by atoms with E-state index in [4.69, 9.17) is 9.47 Å². The fourth-order valence-electron chi connectivity index (χ4n) is 3.54. The van der Waals surface area contributed by atoms with Gasteiger partial charge in [-0.3, -0.25) is 4.90 Å². The number of hydrogen-bond acceptors (Lipinski definition) is 3. The molecule has 0 aromatic heterocycles. The van der Waals surface area contributed by atoms with Crippen molar-refractivity contribution in [3.8, 4) is 0 Å². The average Bonchev–Trinajstić information content (AvgIpc) is 2.75. The fraction of sp³-hybridized carbons (Fsp3) is 0.611. The Labute approximate surface area is 132 Å². The van der Waals surface area contributed by atoms with E-state index in [-0.39, 0.29) is 12.2 Å². The third kappa shape index (κ3) is 3.43. The molecule has 22 heavy (non-hydrogen) atoms. The molecule has 1 atom stereocenters. The Morgan fingerprint density at radius 1 is 1.14 bits per heavy atom. The van der Waals surface area contributed by atoms with Crippen LogP contribution in [0.4, 0.5) is 10.5 Å². The first-order chi connectivity index (χ1) is 10.8. The summed E-state index contributed by atoms with van der Waals surface area (Å²) in [4.78, 5) is 13.6. The lowest BCUT2D eigenvalue weighted by molar-refractivity contribution is 0.0718. The van der Waals surface area contributed by atoms with Crippen LogP contribution in [0.1, 0.15) is 50.0 Å². The number of nitrogens with zero attached hydrogens (tertiary/aromatic N) is 1. The Morgan fingerprint density at radius 3 is 2.45 bits per heavy atom. The van der Waals surface area contributed by atoms with Gasteiger partial charge in [0.1, 0.15) is 6.10 Å². The molecule has 4 nitrogen and oxygen atoms in total. The highest BCUT2D eigenvalue weighted by Crippen LogP contribution is 2.33. The first-order valence-corrected chi connectivity index (χ1v) is 8.35. The van der Waals surface area contributed by atoms with Gasteiger partial charge in [0.15, 0.2) is 0 Å². The minimum Gasteiger partial charge on any atom is -0.441 e. The van der Waals surface area contributed by atoms with E-state index in [0.717, 1.165) is 5.69 Å². The molecule has 1 heterocycles. The van der Waals surface area contributed by atoms with Crippen LogP contribution in [-0.4, -0.2) is 32.5 Å². The van der Waals surface area contributed by atoms with Gasteiger partial charge in [-0.05, 0) is 36.5 Å². The van der Waals surface area contributed by atoms with Gasteiger partial charge in [0.05, 0.1) is 13.2 Å². The molecule has 0 N–H and O–H groups in total. The summed E-state index contributed by atoms with van der Waals surface area (Å²) in [5, 5.41) is 0. The van der Waals surface area contributed by atoms with Gasteiger partial charge in [-0.15, -0.1) is 0 Å². The summed E-state index contributed by atoms with van der Waals surface area (Å²) in [7, 11) is 1.62. The molecular formula is C18H25NO3. The summed E-state index contributed by atoms with van der Waals surface area (Å²) >= 11 is 0. The van der Waals surface area contributed by atoms with Gasteiger partial charge >= 0.3 is 6.09 Å². The number of hydrogen-bond donors (Lipinski definition) is 0. The number of cyclic esters (lactones) is 1. The van der Waals surface area contributed by atoms with Crippen molar-refractivity contribution < 1.29 is 14.3 Å². The minimum atomic E-state index is -0.274. The Hall–Kier alpha value is -1.55. The molecule has 120 valence electrons. The lowest BCUT2D eigenvalue weighted by Crippen LogP contribution is -2.25. The van der Waals surface area contributed by atoms with Gasteiger partial charge in [0.2, 0.25) is 0 Å². The summed E-state index contributed by atoms with van der Waals surface area (Å²) in [6.07, 6.45) is 7.56. The van der Waals surface area contributed by atoms with Crippen molar-refractivity contribution in [2.24, 2.45) is 0 Å². The number of anilines is 1. The monoisotopic (exact) mass is 303 g/mol. The number of amides is 1. The smallest absolute Gasteiger partial charge is 0.414 e. The Kier molecular flexibility index (Phi) is 4.98. The predicted octanol–water partition coefficient (Wildman–Crippen LogP) is 4.10. The van der Waals surface area contributed by atoms with E-state index in [0.29, 0.717) is 19.1 Å². The molecular weight excluding hydrogens is 278 g/mol. The highest BCUT2D eigenvalue weighted by atomic mass is 16.6. The molecule has 1 aliphatic carbocycles. The molecule has 2 fully saturated rings. The molecule has 3 rings (SSSR count). The van der Waals surface area contributed by atoms with Crippen LogP contribution in [0, 0.1) is 0 Å². The summed E-state index contributed by atoms with van der Waals surface area (Å²) in [6, 6.07) is 8.47. The zero-order chi connectivity index (χ0) is 15.4. The molecule has 0 bridgehead atoms. The minimum absolute atomic E-state index is 0.168. The number of rotatable bonds is 4. The van der Waals surface area contributed by atoms with E-state index in [2.05, 4.69) is 24.3 Å². The molecule has 1 saturated heterocycles. The molecule has 1 aromatic rings. The van der Waals surface area contributed by atoms with Gasteiger partial charge in [0.25, 0.3) is 0 Å². The zero-order valence-corrected chi connectivity index (χ0v) is 13.3. The summed E-state index contributed by atoms with van der Waals surface area (Å²) < 4.78 is 10.4. The molecule has 4 heteroatoms. The van der Waals surface area contributed by atoms with E-state index in [1.54, 1.807) is 12.0 Å². The molecule has 0 spiro atoms. The maximum atomic E-state index is 11.9. The van der Waals surface area contributed by atoms with Crippen molar-refractivity contribution in [3.63, 3.8) is 0 Å². The molecule has 1 unspecified atom stereocenters. The van der Waals surface area contributed by atoms with Crippen LogP contribution in [0.15, 0.2) is 24.3 Å². The number of methoxy groups -OCH3 is 1. The van der Waals surface area contributed by atoms with Crippen molar-refractivity contribution in [1.82, 2.24) is 0 Å². The van der Waals surface area contributed by atoms with Crippen molar-refractivity contribution in [1.29, 1.82) is 0 Å². The van der Waals surface area contributed by atoms with Crippen molar-refractivity contribution in [2.75, 3.05) is 25.2 Å². The first-order valence-electron chi connectivity index (χ1n) is 8.35. The number of ether oxygens (including phenoxy) is 2. The topological polar surface area (TPSA) is 38.8 Å². The van der Waals surface area contributed by atoms with Crippen LogP contribution in [-0.2, 0) is 9.47 Å². The quantitative estimate of drug-likeness (QED) is 0.786. The first kappa shape index (κ1) is 15.3. The van der Waals surface area contributed by atoms with Crippen LogP contribution >= 0.6 is 0 Å². The maximum absolute atomic E-state index is 11.9. The SMILES string of the molecule is COCC1CN(c2ccc(C3CCCCCC3)cc2)C(=O)O1. The predicted molar refractivity (Wildman–Crippen MR) is 86.4 cm³/mol. The summed E-state index contributed by atoms with van der Waals surface area (Å²) in [5.41, 5.74) is 2.33. The second-order valence-corrected chi connectivity index (χ2v) is 6.35. The third-order valence-corrected chi connectivity index (χ3v) is 4.76. The molecule has 1 aromatic carbocycles. The largest absolute Gasteiger partial charge is 0.441 e. The Bertz CT molecular complexity index is 492. The Morgan fingerprint density at radius 2 is 1.82 bits per heavy atom. The third-order valence-electron chi connectivity index (χ3n) is 4.76. The summed E-state index contributed by atoms with van der Waals surface area (Å²) in [5.74, 6) is 0.684. The second-order valence-electron chi connectivity index (χ2n) is 6.35. The molecule has 0 radical (unpaired) electrons. The van der Waals surface area contributed by atoms with E-state index in [1.165, 1.54) is 44.1 Å². The van der Waals surface area contributed by atoms with E-state index in [1.807, 2.05) is 0 Å². The van der Waals surface area contributed by atoms with Crippen molar-refractivity contribution in [2.45, 2.75) is 50.5 Å². The van der Waals surface area contributed by atoms with Gasteiger partial charge in [0, 0.05) is 12.8 Å². The van der Waals surface area contributed by atoms with E-state index in [9.17, 15) is 4.79 Å². The van der Waals surface area contributed by atoms with Gasteiger partial charge in [-0.1, -0.05) is 37.8 Å².